The van der Waals surface area contributed by atoms with Gasteiger partial charge < -0.3 is 15.5 Å². The number of hydrogen-bond donors (Lipinski definition) is 2. The van der Waals surface area contributed by atoms with E-state index in [1.807, 2.05) is 11.9 Å². The molecule has 2 rings (SSSR count). The molecule has 2 fully saturated rings. The van der Waals surface area contributed by atoms with E-state index < -0.39 is 0 Å². The van der Waals surface area contributed by atoms with Crippen molar-refractivity contribution in [3.8, 4) is 0 Å². The Hall–Kier alpha value is -0.810. The SMILES string of the molecule is CNCC1CCCN1C(=O)CNC(=O)CC1CCCCC1.Cl. The van der Waals surface area contributed by atoms with Gasteiger partial charge in [-0.25, -0.2) is 0 Å². The fourth-order valence-corrected chi connectivity index (χ4v) is 3.61. The lowest BCUT2D eigenvalue weighted by atomic mass is 9.87. The third-order valence-electron chi connectivity index (χ3n) is 4.77. The van der Waals surface area contributed by atoms with Gasteiger partial charge in [-0.15, -0.1) is 12.4 Å². The predicted octanol–water partition coefficient (Wildman–Crippen LogP) is 1.71. The van der Waals surface area contributed by atoms with Gasteiger partial charge in [-0.2, -0.15) is 0 Å². The van der Waals surface area contributed by atoms with Crippen molar-refractivity contribution in [2.24, 2.45) is 5.92 Å². The normalized spacial score (nSPS) is 22.2. The van der Waals surface area contributed by atoms with Crippen LogP contribution in [0, 0.1) is 5.92 Å². The van der Waals surface area contributed by atoms with Crippen molar-refractivity contribution in [2.45, 2.75) is 57.4 Å². The zero-order valence-electron chi connectivity index (χ0n) is 13.6. The van der Waals surface area contributed by atoms with Crippen molar-refractivity contribution in [3.63, 3.8) is 0 Å². The molecule has 1 heterocycles. The van der Waals surface area contributed by atoms with Gasteiger partial charge in [-0.3, -0.25) is 9.59 Å². The molecule has 1 atom stereocenters. The molecule has 0 aromatic rings. The molecule has 1 aliphatic carbocycles. The van der Waals surface area contributed by atoms with Crippen LogP contribution in [0.5, 0.6) is 0 Å². The number of likely N-dealkylation sites (tertiary alicyclic amines) is 1. The van der Waals surface area contributed by atoms with E-state index in [1.165, 1.54) is 19.3 Å². The summed E-state index contributed by atoms with van der Waals surface area (Å²) in [4.78, 5) is 26.1. The average Bonchev–Trinajstić information content (AvgIpc) is 2.95. The van der Waals surface area contributed by atoms with Crippen LogP contribution >= 0.6 is 12.4 Å². The maximum absolute atomic E-state index is 12.2. The first-order chi connectivity index (χ1) is 10.2. The number of carbonyl (C=O) groups is 2. The minimum absolute atomic E-state index is 0. The highest BCUT2D eigenvalue weighted by Gasteiger charge is 2.28. The second-order valence-electron chi connectivity index (χ2n) is 6.43. The number of halogens is 1. The van der Waals surface area contributed by atoms with Crippen LogP contribution in [0.3, 0.4) is 0 Å². The second-order valence-corrected chi connectivity index (χ2v) is 6.43. The number of nitrogens with one attached hydrogen (secondary N) is 2. The average molecular weight is 332 g/mol. The lowest BCUT2D eigenvalue weighted by Gasteiger charge is -2.25. The molecule has 1 saturated heterocycles. The van der Waals surface area contributed by atoms with Gasteiger partial charge in [0.15, 0.2) is 0 Å². The Bertz CT molecular complexity index is 359. The van der Waals surface area contributed by atoms with E-state index in [0.717, 1.165) is 38.8 Å². The van der Waals surface area contributed by atoms with E-state index in [4.69, 9.17) is 0 Å². The zero-order chi connectivity index (χ0) is 15.1. The molecule has 0 aromatic heterocycles. The number of rotatable bonds is 6. The first kappa shape index (κ1) is 19.2. The maximum atomic E-state index is 12.2. The van der Waals surface area contributed by atoms with Crippen LogP contribution < -0.4 is 10.6 Å². The number of likely N-dealkylation sites (N-methyl/N-ethyl adjacent to an activating group) is 1. The van der Waals surface area contributed by atoms with E-state index in [2.05, 4.69) is 10.6 Å². The van der Waals surface area contributed by atoms with E-state index in [9.17, 15) is 9.59 Å². The third-order valence-corrected chi connectivity index (χ3v) is 4.77. The Balaban J connectivity index is 0.00000242. The van der Waals surface area contributed by atoms with Gasteiger partial charge in [-0.1, -0.05) is 19.3 Å². The van der Waals surface area contributed by atoms with E-state index in [-0.39, 0.29) is 36.8 Å². The number of amides is 2. The Morgan fingerprint density at radius 1 is 1.09 bits per heavy atom. The summed E-state index contributed by atoms with van der Waals surface area (Å²) in [6, 6.07) is 0.290. The van der Waals surface area contributed by atoms with Crippen molar-refractivity contribution in [1.29, 1.82) is 0 Å². The fourth-order valence-electron chi connectivity index (χ4n) is 3.61. The van der Waals surface area contributed by atoms with Gasteiger partial charge in [0.1, 0.15) is 0 Å². The quantitative estimate of drug-likeness (QED) is 0.779. The van der Waals surface area contributed by atoms with Crippen molar-refractivity contribution >= 4 is 24.2 Å². The highest BCUT2D eigenvalue weighted by atomic mass is 35.5. The molecule has 22 heavy (non-hydrogen) atoms. The summed E-state index contributed by atoms with van der Waals surface area (Å²) < 4.78 is 0. The number of nitrogens with zero attached hydrogens (tertiary/aromatic N) is 1. The van der Waals surface area contributed by atoms with Gasteiger partial charge in [0.2, 0.25) is 11.8 Å². The molecule has 0 aromatic carbocycles. The van der Waals surface area contributed by atoms with Crippen LogP contribution in [-0.2, 0) is 9.59 Å². The molecule has 0 spiro atoms. The molecular weight excluding hydrogens is 302 g/mol. The molecule has 2 N–H and O–H groups in total. The molecule has 1 saturated carbocycles. The highest BCUT2D eigenvalue weighted by molar-refractivity contribution is 5.85. The summed E-state index contributed by atoms with van der Waals surface area (Å²) in [7, 11) is 1.91. The van der Waals surface area contributed by atoms with E-state index in [0.29, 0.717) is 12.3 Å². The lowest BCUT2D eigenvalue weighted by molar-refractivity contribution is -0.133. The smallest absolute Gasteiger partial charge is 0.242 e. The van der Waals surface area contributed by atoms with Crippen LogP contribution in [0.4, 0.5) is 0 Å². The monoisotopic (exact) mass is 331 g/mol. The minimum Gasteiger partial charge on any atom is -0.347 e. The van der Waals surface area contributed by atoms with Crippen molar-refractivity contribution in [3.05, 3.63) is 0 Å². The Kier molecular flexibility index (Phi) is 8.79. The molecular formula is C16H30ClN3O2. The summed E-state index contributed by atoms with van der Waals surface area (Å²) in [5.74, 6) is 0.627. The van der Waals surface area contributed by atoms with Crippen molar-refractivity contribution in [1.82, 2.24) is 15.5 Å². The first-order valence-electron chi connectivity index (χ1n) is 8.41. The molecule has 128 valence electrons. The molecule has 0 bridgehead atoms. The molecule has 0 radical (unpaired) electrons. The Morgan fingerprint density at radius 3 is 2.50 bits per heavy atom. The summed E-state index contributed by atoms with van der Waals surface area (Å²) in [6.45, 7) is 1.82. The molecule has 1 aliphatic heterocycles. The Labute approximate surface area is 140 Å². The lowest BCUT2D eigenvalue weighted by Crippen LogP contribution is -2.45. The highest BCUT2D eigenvalue weighted by Crippen LogP contribution is 2.26. The third kappa shape index (κ3) is 5.76. The van der Waals surface area contributed by atoms with Crippen LogP contribution in [0.25, 0.3) is 0 Å². The largest absolute Gasteiger partial charge is 0.347 e. The zero-order valence-corrected chi connectivity index (χ0v) is 14.4. The van der Waals surface area contributed by atoms with Crippen molar-refractivity contribution in [2.75, 3.05) is 26.7 Å². The fraction of sp³-hybridized carbons (Fsp3) is 0.875. The van der Waals surface area contributed by atoms with Crippen LogP contribution in [0.15, 0.2) is 0 Å². The second kappa shape index (κ2) is 10.1. The molecule has 2 aliphatic rings. The van der Waals surface area contributed by atoms with Crippen LogP contribution in [-0.4, -0.2) is 49.4 Å². The topological polar surface area (TPSA) is 61.4 Å². The minimum atomic E-state index is 0. The van der Waals surface area contributed by atoms with Gasteiger partial charge >= 0.3 is 0 Å². The number of carbonyl (C=O) groups excluding carboxylic acids is 2. The van der Waals surface area contributed by atoms with Crippen LogP contribution in [0.1, 0.15) is 51.4 Å². The van der Waals surface area contributed by atoms with Gasteiger partial charge in [0.25, 0.3) is 0 Å². The summed E-state index contributed by atoms with van der Waals surface area (Å²) in [6.07, 6.45) is 8.84. The number of hydrogen-bond acceptors (Lipinski definition) is 3. The Morgan fingerprint density at radius 2 is 1.82 bits per heavy atom. The standard InChI is InChI=1S/C16H29N3O2.ClH/c1-17-11-14-8-5-9-19(14)16(21)12-18-15(20)10-13-6-3-2-4-7-13;/h13-14,17H,2-12H2,1H3,(H,18,20);1H. The summed E-state index contributed by atoms with van der Waals surface area (Å²) >= 11 is 0. The van der Waals surface area contributed by atoms with E-state index in [1.54, 1.807) is 0 Å². The molecule has 1 unspecified atom stereocenters. The summed E-state index contributed by atoms with van der Waals surface area (Å²) in [5.41, 5.74) is 0. The van der Waals surface area contributed by atoms with Crippen LogP contribution in [0.2, 0.25) is 0 Å². The van der Waals surface area contributed by atoms with Gasteiger partial charge in [-0.05, 0) is 38.6 Å². The molecule has 5 nitrogen and oxygen atoms in total. The molecule has 6 heteroatoms. The maximum Gasteiger partial charge on any atom is 0.242 e. The summed E-state index contributed by atoms with van der Waals surface area (Å²) in [5, 5.41) is 5.95. The first-order valence-corrected chi connectivity index (χ1v) is 8.41. The van der Waals surface area contributed by atoms with E-state index >= 15 is 0 Å². The van der Waals surface area contributed by atoms with Gasteiger partial charge in [0, 0.05) is 25.6 Å². The van der Waals surface area contributed by atoms with Crippen molar-refractivity contribution < 1.29 is 9.59 Å². The van der Waals surface area contributed by atoms with Gasteiger partial charge in [0.05, 0.1) is 6.54 Å². The molecule has 2 amide bonds. The predicted molar refractivity (Wildman–Crippen MR) is 90.1 cm³/mol.